The molecule has 3 aromatic rings. The van der Waals surface area contributed by atoms with Crippen molar-refractivity contribution >= 4 is 32.9 Å². The van der Waals surface area contributed by atoms with Gasteiger partial charge in [0.15, 0.2) is 0 Å². The van der Waals surface area contributed by atoms with Gasteiger partial charge in [-0.2, -0.15) is 5.10 Å². The fourth-order valence-corrected chi connectivity index (χ4v) is 4.55. The monoisotopic (exact) mass is 353 g/mol. The summed E-state index contributed by atoms with van der Waals surface area (Å²) in [4.78, 5) is 5.58. The molecule has 0 fully saturated rings. The lowest BCUT2D eigenvalue weighted by atomic mass is 10.2. The minimum atomic E-state index is 0.253. The average Bonchev–Trinajstić information content (AvgIpc) is 3.04. The molecule has 0 aliphatic carbocycles. The predicted molar refractivity (Wildman–Crippen MR) is 106 cm³/mol. The highest BCUT2D eigenvalue weighted by molar-refractivity contribution is 7.16. The maximum atomic E-state index is 4.65. The lowest BCUT2D eigenvalue weighted by Gasteiger charge is -2.27. The molecule has 0 bridgehead atoms. The molecule has 2 heterocycles. The van der Waals surface area contributed by atoms with Gasteiger partial charge in [-0.1, -0.05) is 29.5 Å². The number of nitrogens with zero attached hydrogens (tertiary/aromatic N) is 4. The molecular weight excluding hydrogens is 330 g/mol. The van der Waals surface area contributed by atoms with E-state index in [1.807, 2.05) is 0 Å². The summed E-state index contributed by atoms with van der Waals surface area (Å²) in [7, 11) is 6.34. The van der Waals surface area contributed by atoms with Crippen LogP contribution in [0.1, 0.15) is 5.56 Å². The minimum absolute atomic E-state index is 0.253. The Labute approximate surface area is 151 Å². The van der Waals surface area contributed by atoms with E-state index in [2.05, 4.69) is 95.4 Å². The highest BCUT2D eigenvalue weighted by Crippen LogP contribution is 2.36. The first-order valence-corrected chi connectivity index (χ1v) is 9.25. The van der Waals surface area contributed by atoms with Crippen LogP contribution in [0.15, 0.2) is 47.6 Å². The molecule has 0 spiro atoms. The second kappa shape index (κ2) is 6.11. The van der Waals surface area contributed by atoms with Gasteiger partial charge in [0, 0.05) is 21.1 Å². The standard InChI is InChI=1S/C19H23N5S/c1-13-9-10-16-17(11-13)25-19(24(16)4)21-20-12-18-22(2)14-7-5-6-8-15(14)23(18)3/h5-11,18,20H,12H2,1-4H3/b21-19-. The highest BCUT2D eigenvalue weighted by atomic mass is 32.1. The lowest BCUT2D eigenvalue weighted by Crippen LogP contribution is -2.45. The molecule has 0 radical (unpaired) electrons. The highest BCUT2D eigenvalue weighted by Gasteiger charge is 2.30. The minimum Gasteiger partial charge on any atom is -0.351 e. The molecule has 1 N–H and O–H groups in total. The third kappa shape index (κ3) is 2.66. The Balaban J connectivity index is 1.55. The van der Waals surface area contributed by atoms with Gasteiger partial charge in [-0.25, -0.2) is 0 Å². The molecule has 0 unspecified atom stereocenters. The smallest absolute Gasteiger partial charge is 0.208 e. The van der Waals surface area contributed by atoms with Crippen LogP contribution >= 0.6 is 11.3 Å². The van der Waals surface area contributed by atoms with Gasteiger partial charge >= 0.3 is 0 Å². The van der Waals surface area contributed by atoms with Gasteiger partial charge in [0.25, 0.3) is 0 Å². The van der Waals surface area contributed by atoms with Crippen LogP contribution in [-0.4, -0.2) is 31.4 Å². The normalized spacial score (nSPS) is 15.3. The zero-order valence-corrected chi connectivity index (χ0v) is 15.8. The van der Waals surface area contributed by atoms with Crippen molar-refractivity contribution in [3.63, 3.8) is 0 Å². The van der Waals surface area contributed by atoms with E-state index in [-0.39, 0.29) is 6.17 Å². The summed E-state index contributed by atoms with van der Waals surface area (Å²) in [5, 5.41) is 4.65. The van der Waals surface area contributed by atoms with Crippen LogP contribution in [0.25, 0.3) is 10.2 Å². The van der Waals surface area contributed by atoms with Crippen LogP contribution in [0, 0.1) is 6.92 Å². The Hall–Kier alpha value is -2.47. The number of thiazole rings is 1. The first-order valence-electron chi connectivity index (χ1n) is 8.44. The van der Waals surface area contributed by atoms with E-state index in [9.17, 15) is 0 Å². The number of nitrogens with one attached hydrogen (secondary N) is 1. The third-order valence-electron chi connectivity index (χ3n) is 4.95. The summed E-state index contributed by atoms with van der Waals surface area (Å²) >= 11 is 1.72. The molecule has 6 heteroatoms. The number of aryl methyl sites for hydroxylation is 2. The zero-order valence-electron chi connectivity index (χ0n) is 15.0. The van der Waals surface area contributed by atoms with Crippen molar-refractivity contribution in [1.29, 1.82) is 0 Å². The number of benzene rings is 2. The number of hydrogen-bond donors (Lipinski definition) is 1. The molecule has 0 amide bonds. The van der Waals surface area contributed by atoms with Crippen molar-refractivity contribution in [3.05, 3.63) is 52.8 Å². The molecule has 130 valence electrons. The van der Waals surface area contributed by atoms with Gasteiger partial charge in [-0.3, -0.25) is 0 Å². The number of rotatable bonds is 3. The maximum absolute atomic E-state index is 4.65. The van der Waals surface area contributed by atoms with E-state index in [0.29, 0.717) is 0 Å². The number of likely N-dealkylation sites (N-methyl/N-ethyl adjacent to an activating group) is 2. The van der Waals surface area contributed by atoms with Crippen molar-refractivity contribution in [1.82, 2.24) is 9.99 Å². The van der Waals surface area contributed by atoms with Gasteiger partial charge in [0.05, 0.1) is 28.1 Å². The van der Waals surface area contributed by atoms with E-state index in [1.54, 1.807) is 11.3 Å². The van der Waals surface area contributed by atoms with Crippen LogP contribution in [0.3, 0.4) is 0 Å². The van der Waals surface area contributed by atoms with E-state index >= 15 is 0 Å². The summed E-state index contributed by atoms with van der Waals surface area (Å²) in [6.07, 6.45) is 0.253. The van der Waals surface area contributed by atoms with Crippen molar-refractivity contribution in [2.45, 2.75) is 13.1 Å². The molecule has 0 saturated heterocycles. The van der Waals surface area contributed by atoms with Gasteiger partial charge in [-0.15, -0.1) is 0 Å². The van der Waals surface area contributed by atoms with Crippen LogP contribution in [0.5, 0.6) is 0 Å². The number of hydrogen-bond acceptors (Lipinski definition) is 5. The number of aromatic nitrogens is 1. The molecule has 0 saturated carbocycles. The Morgan fingerprint density at radius 2 is 1.72 bits per heavy atom. The topological polar surface area (TPSA) is 35.8 Å². The molecule has 1 aromatic heterocycles. The van der Waals surface area contributed by atoms with Crippen molar-refractivity contribution in [2.24, 2.45) is 12.1 Å². The first-order chi connectivity index (χ1) is 12.1. The summed E-state index contributed by atoms with van der Waals surface area (Å²) < 4.78 is 3.41. The number of fused-ring (bicyclic) bond motifs is 2. The summed E-state index contributed by atoms with van der Waals surface area (Å²) in [6, 6.07) is 15.0. The SMILES string of the molecule is Cc1ccc2c(c1)s/c(=N\NCC1N(C)c3ccccc3N1C)n2C. The molecule has 0 atom stereocenters. The quantitative estimate of drug-likeness (QED) is 0.736. The van der Waals surface area contributed by atoms with Gasteiger partial charge in [-0.05, 0) is 36.8 Å². The van der Waals surface area contributed by atoms with E-state index in [4.69, 9.17) is 0 Å². The van der Waals surface area contributed by atoms with Crippen LogP contribution in [-0.2, 0) is 7.05 Å². The zero-order chi connectivity index (χ0) is 17.6. The average molecular weight is 353 g/mol. The molecule has 5 nitrogen and oxygen atoms in total. The second-order valence-corrected chi connectivity index (χ2v) is 7.59. The van der Waals surface area contributed by atoms with E-state index < -0.39 is 0 Å². The van der Waals surface area contributed by atoms with Crippen LogP contribution in [0.4, 0.5) is 11.4 Å². The molecular formula is C19H23N5S. The Kier molecular flexibility index (Phi) is 3.92. The van der Waals surface area contributed by atoms with Gasteiger partial charge in [0.1, 0.15) is 6.17 Å². The number of para-hydroxylation sites is 2. The van der Waals surface area contributed by atoms with Gasteiger partial charge in [0.2, 0.25) is 4.80 Å². The Morgan fingerprint density at radius 1 is 1.04 bits per heavy atom. The molecule has 4 rings (SSSR count). The Bertz CT molecular complexity index is 958. The first kappa shape index (κ1) is 16.0. The van der Waals surface area contributed by atoms with Crippen LogP contribution in [0.2, 0.25) is 0 Å². The molecule has 25 heavy (non-hydrogen) atoms. The maximum Gasteiger partial charge on any atom is 0.208 e. The largest absolute Gasteiger partial charge is 0.351 e. The summed E-state index contributed by atoms with van der Waals surface area (Å²) in [6.45, 7) is 2.88. The van der Waals surface area contributed by atoms with Crippen molar-refractivity contribution in [2.75, 3.05) is 30.4 Å². The summed E-state index contributed by atoms with van der Waals surface area (Å²) in [5.74, 6) is 0. The lowest BCUT2D eigenvalue weighted by molar-refractivity contribution is 0.570. The van der Waals surface area contributed by atoms with Crippen LogP contribution < -0.4 is 20.0 Å². The van der Waals surface area contributed by atoms with E-state index in [1.165, 1.54) is 27.2 Å². The van der Waals surface area contributed by atoms with E-state index in [0.717, 1.165) is 11.3 Å². The second-order valence-electron chi connectivity index (χ2n) is 6.58. The fourth-order valence-electron chi connectivity index (χ4n) is 3.46. The summed E-state index contributed by atoms with van der Waals surface area (Å²) in [5.41, 5.74) is 8.31. The third-order valence-corrected chi connectivity index (χ3v) is 6.04. The molecule has 1 aliphatic heterocycles. The molecule has 2 aromatic carbocycles. The number of anilines is 2. The van der Waals surface area contributed by atoms with Gasteiger partial charge < -0.3 is 19.8 Å². The fraction of sp³-hybridized carbons (Fsp3) is 0.316. The van der Waals surface area contributed by atoms with Crippen molar-refractivity contribution in [3.8, 4) is 0 Å². The predicted octanol–water partition coefficient (Wildman–Crippen LogP) is 2.87. The van der Waals surface area contributed by atoms with Crippen molar-refractivity contribution < 1.29 is 0 Å². The molecule has 1 aliphatic rings. The Morgan fingerprint density at radius 3 is 2.40 bits per heavy atom.